The average molecular weight is 245 g/mol. The fourth-order valence-electron chi connectivity index (χ4n) is 1.70. The molecule has 0 radical (unpaired) electrons. The van der Waals surface area contributed by atoms with Crippen molar-refractivity contribution in [1.29, 1.82) is 0 Å². The molecule has 0 aliphatic rings. The summed E-state index contributed by atoms with van der Waals surface area (Å²) in [5, 5.41) is 9.95. The Hall–Kier alpha value is -1.75. The van der Waals surface area contributed by atoms with Crippen molar-refractivity contribution in [3.05, 3.63) is 39.7 Å². The second kappa shape index (κ2) is 3.92. The Morgan fingerprint density at radius 3 is 2.88 bits per heavy atom. The van der Waals surface area contributed by atoms with Crippen LogP contribution in [0.2, 0.25) is 0 Å². The number of aryl methyl sites for hydroxylation is 2. The molecular formula is C12H11N3OS. The van der Waals surface area contributed by atoms with E-state index in [1.54, 1.807) is 11.3 Å². The smallest absolute Gasteiger partial charge is 0.202 e. The van der Waals surface area contributed by atoms with E-state index in [-0.39, 0.29) is 0 Å². The molecule has 0 unspecified atom stereocenters. The predicted molar refractivity (Wildman–Crippen MR) is 66.2 cm³/mol. The van der Waals surface area contributed by atoms with Crippen LogP contribution in [0.4, 0.5) is 0 Å². The predicted octanol–water partition coefficient (Wildman–Crippen LogP) is 2.89. The summed E-state index contributed by atoms with van der Waals surface area (Å²) in [6.07, 6.45) is 0.610. The summed E-state index contributed by atoms with van der Waals surface area (Å²) in [5.74, 6) is 0.696. The molecule has 5 heteroatoms. The minimum absolute atomic E-state index is 0.610. The van der Waals surface area contributed by atoms with Crippen LogP contribution >= 0.6 is 11.3 Å². The van der Waals surface area contributed by atoms with Crippen molar-refractivity contribution >= 4 is 22.4 Å². The third-order valence-electron chi connectivity index (χ3n) is 2.46. The number of hydrogen-bond acceptors (Lipinski definition) is 5. The van der Waals surface area contributed by atoms with Gasteiger partial charge in [-0.3, -0.25) is 0 Å². The third-order valence-corrected chi connectivity index (χ3v) is 3.30. The van der Waals surface area contributed by atoms with Gasteiger partial charge in [0.05, 0.1) is 6.42 Å². The van der Waals surface area contributed by atoms with Crippen LogP contribution in [0.5, 0.6) is 0 Å². The Labute approximate surface area is 102 Å². The summed E-state index contributed by atoms with van der Waals surface area (Å²) < 4.78 is 5.66. The molecule has 0 saturated carbocycles. The van der Waals surface area contributed by atoms with E-state index in [4.69, 9.17) is 4.42 Å². The van der Waals surface area contributed by atoms with Gasteiger partial charge in [-0.05, 0) is 31.5 Å². The number of rotatable bonds is 2. The molecule has 3 rings (SSSR count). The number of nitrogens with zero attached hydrogens (tertiary/aromatic N) is 3. The lowest BCUT2D eigenvalue weighted by molar-refractivity contribution is 0.543. The number of oxazole rings is 1. The van der Waals surface area contributed by atoms with Crippen LogP contribution < -0.4 is 0 Å². The lowest BCUT2D eigenvalue weighted by Crippen LogP contribution is -1.86. The number of hydrogen-bond donors (Lipinski definition) is 0. The Balaban J connectivity index is 1.95. The first-order valence-corrected chi connectivity index (χ1v) is 6.17. The van der Waals surface area contributed by atoms with Gasteiger partial charge in [0.25, 0.3) is 0 Å². The second-order valence-electron chi connectivity index (χ2n) is 3.97. The molecule has 0 amide bonds. The van der Waals surface area contributed by atoms with Gasteiger partial charge < -0.3 is 4.42 Å². The van der Waals surface area contributed by atoms with Gasteiger partial charge in [0.2, 0.25) is 5.89 Å². The van der Waals surface area contributed by atoms with Crippen LogP contribution in [0, 0.1) is 13.8 Å². The van der Waals surface area contributed by atoms with E-state index in [0.29, 0.717) is 12.3 Å². The van der Waals surface area contributed by atoms with Gasteiger partial charge in [-0.2, -0.15) is 0 Å². The van der Waals surface area contributed by atoms with Crippen LogP contribution in [0.25, 0.3) is 11.1 Å². The molecule has 0 bridgehead atoms. The minimum Gasteiger partial charge on any atom is -0.440 e. The number of fused-ring (bicyclic) bond motifs is 1. The van der Waals surface area contributed by atoms with E-state index < -0.39 is 0 Å². The molecular weight excluding hydrogens is 234 g/mol. The highest BCUT2D eigenvalue weighted by molar-refractivity contribution is 7.11. The van der Waals surface area contributed by atoms with E-state index in [1.807, 2.05) is 32.0 Å². The second-order valence-corrected chi connectivity index (χ2v) is 5.24. The SMILES string of the molecule is Cc1ccc2oc(Cc3nnc(C)s3)nc2c1. The molecule has 0 aliphatic carbocycles. The number of aromatic nitrogens is 3. The first-order valence-electron chi connectivity index (χ1n) is 5.36. The topological polar surface area (TPSA) is 51.8 Å². The highest BCUT2D eigenvalue weighted by Gasteiger charge is 2.09. The maximum absolute atomic E-state index is 5.66. The summed E-state index contributed by atoms with van der Waals surface area (Å²) in [5.41, 5.74) is 2.91. The summed E-state index contributed by atoms with van der Waals surface area (Å²) in [6, 6.07) is 5.99. The summed E-state index contributed by atoms with van der Waals surface area (Å²) in [6.45, 7) is 3.98. The van der Waals surface area contributed by atoms with Gasteiger partial charge in [0, 0.05) is 0 Å². The molecule has 2 heterocycles. The fraction of sp³-hybridized carbons (Fsp3) is 0.250. The average Bonchev–Trinajstić information content (AvgIpc) is 2.84. The Morgan fingerprint density at radius 2 is 2.12 bits per heavy atom. The van der Waals surface area contributed by atoms with E-state index >= 15 is 0 Å². The minimum atomic E-state index is 0.610. The Bertz CT molecular complexity index is 671. The molecule has 0 fully saturated rings. The van der Waals surface area contributed by atoms with Crippen LogP contribution in [-0.4, -0.2) is 15.2 Å². The van der Waals surface area contributed by atoms with Crippen molar-refractivity contribution in [2.75, 3.05) is 0 Å². The molecule has 4 nitrogen and oxygen atoms in total. The highest BCUT2D eigenvalue weighted by atomic mass is 32.1. The molecule has 0 saturated heterocycles. The van der Waals surface area contributed by atoms with Crippen molar-refractivity contribution in [3.8, 4) is 0 Å². The summed E-state index contributed by atoms with van der Waals surface area (Å²) in [7, 11) is 0. The van der Waals surface area contributed by atoms with Crippen molar-refractivity contribution in [2.45, 2.75) is 20.3 Å². The largest absolute Gasteiger partial charge is 0.440 e. The molecule has 17 heavy (non-hydrogen) atoms. The Morgan fingerprint density at radius 1 is 1.24 bits per heavy atom. The van der Waals surface area contributed by atoms with Crippen molar-refractivity contribution in [1.82, 2.24) is 15.2 Å². The maximum atomic E-state index is 5.66. The lowest BCUT2D eigenvalue weighted by Gasteiger charge is -1.87. The van der Waals surface area contributed by atoms with E-state index in [1.165, 1.54) is 5.56 Å². The molecule has 0 spiro atoms. The standard InChI is InChI=1S/C12H11N3OS/c1-7-3-4-10-9(5-7)13-11(16-10)6-12-15-14-8(2)17-12/h3-5H,6H2,1-2H3. The van der Waals surface area contributed by atoms with E-state index in [9.17, 15) is 0 Å². The van der Waals surface area contributed by atoms with Gasteiger partial charge >= 0.3 is 0 Å². The molecule has 2 aromatic heterocycles. The molecule has 0 aliphatic heterocycles. The molecule has 1 aromatic carbocycles. The lowest BCUT2D eigenvalue weighted by atomic mass is 10.2. The van der Waals surface area contributed by atoms with Crippen LogP contribution in [0.3, 0.4) is 0 Å². The monoisotopic (exact) mass is 245 g/mol. The third kappa shape index (κ3) is 2.06. The number of benzene rings is 1. The molecule has 3 aromatic rings. The first-order chi connectivity index (χ1) is 8.20. The van der Waals surface area contributed by atoms with Gasteiger partial charge in [-0.25, -0.2) is 4.98 Å². The van der Waals surface area contributed by atoms with E-state index in [2.05, 4.69) is 15.2 Å². The molecule has 0 N–H and O–H groups in total. The van der Waals surface area contributed by atoms with Gasteiger partial charge in [-0.15, -0.1) is 21.5 Å². The zero-order chi connectivity index (χ0) is 11.8. The zero-order valence-corrected chi connectivity index (χ0v) is 10.4. The Kier molecular flexibility index (Phi) is 2.40. The van der Waals surface area contributed by atoms with Gasteiger partial charge in [0.15, 0.2) is 5.58 Å². The van der Waals surface area contributed by atoms with E-state index in [0.717, 1.165) is 21.1 Å². The van der Waals surface area contributed by atoms with Gasteiger partial charge in [0.1, 0.15) is 15.5 Å². The van der Waals surface area contributed by atoms with Crippen LogP contribution in [0.15, 0.2) is 22.6 Å². The fourth-order valence-corrected chi connectivity index (χ4v) is 2.40. The van der Waals surface area contributed by atoms with Crippen LogP contribution in [0.1, 0.15) is 21.5 Å². The van der Waals surface area contributed by atoms with Crippen molar-refractivity contribution in [3.63, 3.8) is 0 Å². The highest BCUT2D eigenvalue weighted by Crippen LogP contribution is 2.20. The normalized spacial score (nSPS) is 11.2. The summed E-state index contributed by atoms with van der Waals surface area (Å²) >= 11 is 1.57. The van der Waals surface area contributed by atoms with Crippen molar-refractivity contribution in [2.24, 2.45) is 0 Å². The van der Waals surface area contributed by atoms with Crippen LogP contribution in [-0.2, 0) is 6.42 Å². The van der Waals surface area contributed by atoms with Gasteiger partial charge in [-0.1, -0.05) is 6.07 Å². The quantitative estimate of drug-likeness (QED) is 0.696. The molecule has 0 atom stereocenters. The zero-order valence-electron chi connectivity index (χ0n) is 9.60. The van der Waals surface area contributed by atoms with Crippen molar-refractivity contribution < 1.29 is 4.42 Å². The molecule has 86 valence electrons. The summed E-state index contributed by atoms with van der Waals surface area (Å²) in [4.78, 5) is 4.45. The maximum Gasteiger partial charge on any atom is 0.202 e. The first kappa shape index (κ1) is 10.4.